The molecule has 0 bridgehead atoms. The molecular weight excluding hydrogens is 508 g/mol. The van der Waals surface area contributed by atoms with Gasteiger partial charge in [0.25, 0.3) is 15.9 Å². The summed E-state index contributed by atoms with van der Waals surface area (Å²) in [5.74, 6) is 0.176. The van der Waals surface area contributed by atoms with E-state index in [1.165, 1.54) is 29.5 Å². The molecule has 4 aromatic rings. The first-order chi connectivity index (χ1) is 16.7. The molecule has 0 atom stereocenters. The second-order valence-electron chi connectivity index (χ2n) is 7.59. The second kappa shape index (κ2) is 10.0. The number of sulfonamides is 1. The van der Waals surface area contributed by atoms with E-state index >= 15 is 0 Å². The molecule has 0 aliphatic heterocycles. The van der Waals surface area contributed by atoms with Crippen LogP contribution in [-0.4, -0.2) is 31.6 Å². The van der Waals surface area contributed by atoms with Gasteiger partial charge in [0.2, 0.25) is 5.13 Å². The lowest BCUT2D eigenvalue weighted by Crippen LogP contribution is -2.17. The highest BCUT2D eigenvalue weighted by atomic mass is 35.5. The maximum Gasteiger partial charge on any atom is 0.263 e. The Labute approximate surface area is 212 Å². The first-order valence-corrected chi connectivity index (χ1v) is 13.0. The molecule has 4 rings (SSSR count). The number of amides is 1. The number of carbonyl (C=O) groups is 1. The van der Waals surface area contributed by atoms with E-state index < -0.39 is 15.9 Å². The molecule has 0 saturated heterocycles. The summed E-state index contributed by atoms with van der Waals surface area (Å²) in [6.07, 6.45) is 0. The summed E-state index contributed by atoms with van der Waals surface area (Å²) in [4.78, 5) is 12.6. The minimum Gasteiger partial charge on any atom is -0.497 e. The molecule has 180 valence electrons. The van der Waals surface area contributed by atoms with Gasteiger partial charge in [-0.25, -0.2) is 8.42 Å². The molecule has 1 heterocycles. The zero-order valence-corrected chi connectivity index (χ0v) is 21.4. The van der Waals surface area contributed by atoms with Gasteiger partial charge in [-0.2, -0.15) is 0 Å². The van der Waals surface area contributed by atoms with E-state index in [1.807, 2.05) is 32.0 Å². The van der Waals surface area contributed by atoms with Crippen molar-refractivity contribution < 1.29 is 17.9 Å². The standard InChI is InChI=1S/C24H21ClN4O4S2/c1-14-5-4-6-20(15(14)2)29-35(31,32)21-13-17(9-12-19(21)25)22(30)26-24-28-27-23(34-24)16-7-10-18(33-3)11-8-16/h4-13,29H,1-3H3,(H,26,28,30). The van der Waals surface area contributed by atoms with Crippen LogP contribution in [0.4, 0.5) is 10.8 Å². The fourth-order valence-electron chi connectivity index (χ4n) is 3.21. The van der Waals surface area contributed by atoms with E-state index in [2.05, 4.69) is 20.2 Å². The average Bonchev–Trinajstić information content (AvgIpc) is 3.30. The highest BCUT2D eigenvalue weighted by Gasteiger charge is 2.22. The van der Waals surface area contributed by atoms with Crippen LogP contribution in [0.1, 0.15) is 21.5 Å². The Morgan fingerprint density at radius 2 is 1.77 bits per heavy atom. The quantitative estimate of drug-likeness (QED) is 0.326. The SMILES string of the molecule is COc1ccc(-c2nnc(NC(=O)c3ccc(Cl)c(S(=O)(=O)Nc4cccc(C)c4C)c3)s2)cc1. The number of hydrogen-bond donors (Lipinski definition) is 2. The maximum absolute atomic E-state index is 13.1. The van der Waals surface area contributed by atoms with Gasteiger partial charge in [-0.15, -0.1) is 10.2 Å². The first kappa shape index (κ1) is 24.6. The molecule has 0 aliphatic carbocycles. The third-order valence-electron chi connectivity index (χ3n) is 5.31. The topological polar surface area (TPSA) is 110 Å². The number of aromatic nitrogens is 2. The smallest absolute Gasteiger partial charge is 0.263 e. The predicted octanol–water partition coefficient (Wildman–Crippen LogP) is 5.54. The highest BCUT2D eigenvalue weighted by Crippen LogP contribution is 2.30. The molecule has 0 radical (unpaired) electrons. The van der Waals surface area contributed by atoms with Crippen LogP contribution in [0.25, 0.3) is 10.6 Å². The number of methoxy groups -OCH3 is 1. The molecule has 0 fully saturated rings. The Balaban J connectivity index is 1.55. The van der Waals surface area contributed by atoms with Crippen molar-refractivity contribution in [2.45, 2.75) is 18.7 Å². The van der Waals surface area contributed by atoms with Gasteiger partial charge >= 0.3 is 0 Å². The third kappa shape index (κ3) is 5.45. The lowest BCUT2D eigenvalue weighted by molar-refractivity contribution is 0.102. The zero-order valence-electron chi connectivity index (χ0n) is 19.0. The molecule has 2 N–H and O–H groups in total. The molecule has 1 amide bonds. The van der Waals surface area contributed by atoms with Gasteiger partial charge in [0.15, 0.2) is 0 Å². The predicted molar refractivity (Wildman–Crippen MR) is 138 cm³/mol. The molecule has 35 heavy (non-hydrogen) atoms. The molecule has 11 heteroatoms. The Morgan fingerprint density at radius 1 is 1.03 bits per heavy atom. The van der Waals surface area contributed by atoms with Crippen LogP contribution in [0.2, 0.25) is 5.02 Å². The van der Waals surface area contributed by atoms with Gasteiger partial charge in [0.1, 0.15) is 15.7 Å². The monoisotopic (exact) mass is 528 g/mol. The summed E-state index contributed by atoms with van der Waals surface area (Å²) >= 11 is 7.38. The number of halogens is 1. The fraction of sp³-hybridized carbons (Fsp3) is 0.125. The molecular formula is C24H21ClN4O4S2. The average molecular weight is 529 g/mol. The van der Waals surface area contributed by atoms with Crippen LogP contribution in [-0.2, 0) is 10.0 Å². The van der Waals surface area contributed by atoms with Crippen LogP contribution in [0.5, 0.6) is 5.75 Å². The molecule has 8 nitrogen and oxygen atoms in total. The molecule has 1 aromatic heterocycles. The first-order valence-electron chi connectivity index (χ1n) is 10.4. The number of rotatable bonds is 7. The van der Waals surface area contributed by atoms with Crippen LogP contribution < -0.4 is 14.8 Å². The Kier molecular flexibility index (Phi) is 7.06. The minimum absolute atomic E-state index is 0.00272. The summed E-state index contributed by atoms with van der Waals surface area (Å²) in [6, 6.07) is 16.6. The van der Waals surface area contributed by atoms with Gasteiger partial charge in [-0.3, -0.25) is 14.8 Å². The van der Waals surface area contributed by atoms with Gasteiger partial charge in [0, 0.05) is 11.1 Å². The van der Waals surface area contributed by atoms with Crippen LogP contribution in [0.3, 0.4) is 0 Å². The minimum atomic E-state index is -4.05. The summed E-state index contributed by atoms with van der Waals surface area (Å²) in [6.45, 7) is 3.71. The van der Waals surface area contributed by atoms with Crippen LogP contribution >= 0.6 is 22.9 Å². The van der Waals surface area contributed by atoms with Crippen molar-refractivity contribution in [1.29, 1.82) is 0 Å². The van der Waals surface area contributed by atoms with Gasteiger partial charge in [-0.05, 0) is 73.5 Å². The van der Waals surface area contributed by atoms with Crippen LogP contribution in [0, 0.1) is 13.8 Å². The van der Waals surface area contributed by atoms with Crippen LogP contribution in [0.15, 0.2) is 65.6 Å². The number of hydrogen-bond acceptors (Lipinski definition) is 7. The van der Waals surface area contributed by atoms with Gasteiger partial charge in [-0.1, -0.05) is 35.1 Å². The lowest BCUT2D eigenvalue weighted by atomic mass is 10.1. The summed E-state index contributed by atoms with van der Waals surface area (Å²) in [5.41, 5.74) is 3.11. The summed E-state index contributed by atoms with van der Waals surface area (Å²) < 4.78 is 33.8. The van der Waals surface area contributed by atoms with Gasteiger partial charge < -0.3 is 4.74 Å². The number of nitrogens with zero attached hydrogens (tertiary/aromatic N) is 2. The number of benzene rings is 3. The van der Waals surface area contributed by atoms with E-state index in [1.54, 1.807) is 31.4 Å². The number of carbonyl (C=O) groups excluding carboxylic acids is 1. The van der Waals surface area contributed by atoms with Crippen molar-refractivity contribution in [2.75, 3.05) is 17.1 Å². The van der Waals surface area contributed by atoms with Crippen molar-refractivity contribution in [2.24, 2.45) is 0 Å². The summed E-state index contributed by atoms with van der Waals surface area (Å²) in [5, 5.41) is 11.7. The van der Waals surface area contributed by atoms with E-state index in [-0.39, 0.29) is 20.6 Å². The molecule has 3 aromatic carbocycles. The van der Waals surface area contributed by atoms with Crippen molar-refractivity contribution in [3.05, 3.63) is 82.4 Å². The fourth-order valence-corrected chi connectivity index (χ4v) is 5.60. The Morgan fingerprint density at radius 3 is 2.49 bits per heavy atom. The maximum atomic E-state index is 13.1. The molecule has 0 saturated carbocycles. The Bertz CT molecular complexity index is 1500. The van der Waals surface area contributed by atoms with Crippen molar-refractivity contribution in [1.82, 2.24) is 10.2 Å². The van der Waals surface area contributed by atoms with E-state index in [9.17, 15) is 13.2 Å². The van der Waals surface area contributed by atoms with Gasteiger partial charge in [0.05, 0.1) is 17.8 Å². The Hall–Kier alpha value is -3.47. The normalized spacial score (nSPS) is 11.2. The van der Waals surface area contributed by atoms with E-state index in [0.29, 0.717) is 16.4 Å². The van der Waals surface area contributed by atoms with E-state index in [0.717, 1.165) is 16.7 Å². The largest absolute Gasteiger partial charge is 0.497 e. The summed E-state index contributed by atoms with van der Waals surface area (Å²) in [7, 11) is -2.46. The van der Waals surface area contributed by atoms with E-state index in [4.69, 9.17) is 16.3 Å². The number of ether oxygens (including phenoxy) is 1. The number of anilines is 2. The lowest BCUT2D eigenvalue weighted by Gasteiger charge is -2.13. The molecule has 0 unspecified atom stereocenters. The van der Waals surface area contributed by atoms with Crippen molar-refractivity contribution in [3.63, 3.8) is 0 Å². The van der Waals surface area contributed by atoms with Crippen molar-refractivity contribution in [3.8, 4) is 16.3 Å². The molecule has 0 aliphatic rings. The number of aryl methyl sites for hydroxylation is 1. The van der Waals surface area contributed by atoms with Crippen molar-refractivity contribution >= 4 is 49.7 Å². The molecule has 0 spiro atoms. The number of nitrogens with one attached hydrogen (secondary N) is 2. The zero-order chi connectivity index (χ0) is 25.2. The third-order valence-corrected chi connectivity index (χ3v) is 8.05. The highest BCUT2D eigenvalue weighted by molar-refractivity contribution is 7.92. The second-order valence-corrected chi connectivity index (χ2v) is 10.6.